The maximum atomic E-state index is 11.9. The minimum atomic E-state index is -3.31. The maximum absolute atomic E-state index is 11.9. The highest BCUT2D eigenvalue weighted by Gasteiger charge is 2.38. The van der Waals surface area contributed by atoms with Gasteiger partial charge in [0.1, 0.15) is 4.75 Å². The van der Waals surface area contributed by atoms with Crippen LogP contribution in [0.4, 0.5) is 0 Å². The molecule has 0 aromatic rings. The first kappa shape index (κ1) is 14.6. The van der Waals surface area contributed by atoms with E-state index in [0.717, 1.165) is 19.1 Å². The summed E-state index contributed by atoms with van der Waals surface area (Å²) in [7, 11) is -3.31. The van der Waals surface area contributed by atoms with Gasteiger partial charge in [-0.05, 0) is 19.8 Å². The predicted molar refractivity (Wildman–Crippen MR) is 62.6 cm³/mol. The lowest BCUT2D eigenvalue weighted by Crippen LogP contribution is -2.40. The van der Waals surface area contributed by atoms with Gasteiger partial charge in [-0.2, -0.15) is 0 Å². The Balaban J connectivity index is 4.73. The molecule has 0 saturated heterocycles. The normalized spacial score (nSPS) is 13.2. The monoisotopic (exact) mass is 234 g/mol. The molecule has 0 aliphatic carbocycles. The van der Waals surface area contributed by atoms with Gasteiger partial charge in [0.15, 0.2) is 15.6 Å². The first-order valence-corrected chi connectivity index (χ1v) is 7.28. The smallest absolute Gasteiger partial charge is 0.159 e. The molecule has 3 nitrogen and oxygen atoms in total. The number of carbonyl (C=O) groups is 1. The molecule has 0 heterocycles. The molecule has 0 amide bonds. The predicted octanol–water partition coefficient (Wildman–Crippen LogP) is 2.21. The van der Waals surface area contributed by atoms with Crippen LogP contribution >= 0.6 is 0 Å². The first-order chi connectivity index (χ1) is 6.66. The maximum Gasteiger partial charge on any atom is 0.159 e. The summed E-state index contributed by atoms with van der Waals surface area (Å²) in [6, 6.07) is 0. The van der Waals surface area contributed by atoms with Gasteiger partial charge in [0, 0.05) is 12.7 Å². The third-order valence-corrected chi connectivity index (χ3v) is 5.31. The second-order valence-electron chi connectivity index (χ2n) is 4.59. The average Bonchev–Trinajstić information content (AvgIpc) is 2.11. The van der Waals surface area contributed by atoms with Crippen molar-refractivity contribution >= 4 is 15.6 Å². The number of hydrogen-bond donors (Lipinski definition) is 0. The molecule has 0 atom stereocenters. The highest BCUT2D eigenvalue weighted by molar-refractivity contribution is 7.92. The molecular weight excluding hydrogens is 212 g/mol. The highest BCUT2D eigenvalue weighted by atomic mass is 32.2. The molecule has 0 aromatic carbocycles. The van der Waals surface area contributed by atoms with Crippen LogP contribution in [-0.4, -0.2) is 25.2 Å². The first-order valence-electron chi connectivity index (χ1n) is 5.39. The standard InChI is InChI=1S/C11H22O3S/c1-6-9(7-2)8-10(12)11(3,4)15(5,13)14/h9H,6-8H2,1-5H3. The Kier molecular flexibility index (Phi) is 4.97. The molecule has 4 heteroatoms. The van der Waals surface area contributed by atoms with Gasteiger partial charge in [-0.1, -0.05) is 26.7 Å². The summed E-state index contributed by atoms with van der Waals surface area (Å²) < 4.78 is 21.6. The Bertz CT molecular complexity index is 311. The molecule has 0 aliphatic heterocycles. The van der Waals surface area contributed by atoms with Crippen LogP contribution in [0, 0.1) is 5.92 Å². The topological polar surface area (TPSA) is 51.2 Å². The van der Waals surface area contributed by atoms with Crippen molar-refractivity contribution in [3.05, 3.63) is 0 Å². The van der Waals surface area contributed by atoms with Crippen molar-refractivity contribution in [3.63, 3.8) is 0 Å². The Morgan fingerprint density at radius 3 is 1.87 bits per heavy atom. The van der Waals surface area contributed by atoms with E-state index < -0.39 is 14.6 Å². The van der Waals surface area contributed by atoms with E-state index in [2.05, 4.69) is 0 Å². The number of Topliss-reactive ketones (excluding diaryl/α,β-unsaturated/α-hetero) is 1. The minimum absolute atomic E-state index is 0.168. The Morgan fingerprint density at radius 2 is 1.60 bits per heavy atom. The van der Waals surface area contributed by atoms with Crippen LogP contribution in [-0.2, 0) is 14.6 Å². The van der Waals surface area contributed by atoms with Crippen molar-refractivity contribution in [2.75, 3.05) is 6.26 Å². The van der Waals surface area contributed by atoms with Crippen molar-refractivity contribution in [1.29, 1.82) is 0 Å². The van der Waals surface area contributed by atoms with Crippen molar-refractivity contribution in [2.24, 2.45) is 5.92 Å². The summed E-state index contributed by atoms with van der Waals surface area (Å²) in [6.07, 6.45) is 3.33. The molecule has 0 spiro atoms. The van der Waals surface area contributed by atoms with Crippen LogP contribution < -0.4 is 0 Å². The van der Waals surface area contributed by atoms with Gasteiger partial charge in [0.2, 0.25) is 0 Å². The Hall–Kier alpha value is -0.380. The van der Waals surface area contributed by atoms with E-state index in [9.17, 15) is 13.2 Å². The molecular formula is C11H22O3S. The molecule has 90 valence electrons. The highest BCUT2D eigenvalue weighted by Crippen LogP contribution is 2.23. The summed E-state index contributed by atoms with van der Waals surface area (Å²) in [5.41, 5.74) is 0. The van der Waals surface area contributed by atoms with Crippen molar-refractivity contribution < 1.29 is 13.2 Å². The van der Waals surface area contributed by atoms with E-state index in [1.54, 1.807) is 0 Å². The summed E-state index contributed by atoms with van der Waals surface area (Å²) in [5, 5.41) is 0. The zero-order chi connectivity index (χ0) is 12.3. The fourth-order valence-electron chi connectivity index (χ4n) is 1.29. The zero-order valence-electron chi connectivity index (χ0n) is 10.3. The van der Waals surface area contributed by atoms with Crippen LogP contribution in [0.2, 0.25) is 0 Å². The molecule has 0 saturated carbocycles. The van der Waals surface area contributed by atoms with E-state index in [4.69, 9.17) is 0 Å². The van der Waals surface area contributed by atoms with Crippen LogP contribution in [0.15, 0.2) is 0 Å². The van der Waals surface area contributed by atoms with E-state index in [0.29, 0.717) is 12.3 Å². The minimum Gasteiger partial charge on any atom is -0.298 e. The fourth-order valence-corrected chi connectivity index (χ4v) is 1.79. The lowest BCUT2D eigenvalue weighted by Gasteiger charge is -2.23. The van der Waals surface area contributed by atoms with E-state index in [1.165, 1.54) is 13.8 Å². The van der Waals surface area contributed by atoms with Crippen molar-refractivity contribution in [3.8, 4) is 0 Å². The van der Waals surface area contributed by atoms with Gasteiger partial charge in [-0.3, -0.25) is 4.79 Å². The van der Waals surface area contributed by atoms with Crippen molar-refractivity contribution in [2.45, 2.75) is 51.7 Å². The van der Waals surface area contributed by atoms with Gasteiger partial charge < -0.3 is 0 Å². The summed E-state index contributed by atoms with van der Waals surface area (Å²) >= 11 is 0. The third-order valence-electron chi connectivity index (χ3n) is 3.23. The largest absolute Gasteiger partial charge is 0.298 e. The molecule has 0 unspecified atom stereocenters. The SMILES string of the molecule is CCC(CC)CC(=O)C(C)(C)S(C)(=O)=O. The van der Waals surface area contributed by atoms with Gasteiger partial charge in [0.05, 0.1) is 0 Å². The van der Waals surface area contributed by atoms with Gasteiger partial charge in [-0.15, -0.1) is 0 Å². The van der Waals surface area contributed by atoms with E-state index >= 15 is 0 Å². The number of carbonyl (C=O) groups excluding carboxylic acids is 1. The van der Waals surface area contributed by atoms with Gasteiger partial charge >= 0.3 is 0 Å². The molecule has 0 aromatic heterocycles. The summed E-state index contributed by atoms with van der Waals surface area (Å²) in [4.78, 5) is 11.9. The zero-order valence-corrected chi connectivity index (χ0v) is 11.1. The molecule has 0 aliphatic rings. The lowest BCUT2D eigenvalue weighted by atomic mass is 9.92. The fraction of sp³-hybridized carbons (Fsp3) is 0.909. The molecule has 0 radical (unpaired) electrons. The molecule has 0 rings (SSSR count). The van der Waals surface area contributed by atoms with E-state index in [-0.39, 0.29) is 5.78 Å². The van der Waals surface area contributed by atoms with Crippen LogP contribution in [0.25, 0.3) is 0 Å². The Labute approximate surface area is 93.2 Å². The van der Waals surface area contributed by atoms with Crippen LogP contribution in [0.1, 0.15) is 47.0 Å². The lowest BCUT2D eigenvalue weighted by molar-refractivity contribution is -0.121. The molecule has 15 heavy (non-hydrogen) atoms. The number of rotatable bonds is 6. The summed E-state index contributed by atoms with van der Waals surface area (Å²) in [6.45, 7) is 7.03. The van der Waals surface area contributed by atoms with Crippen LogP contribution in [0.5, 0.6) is 0 Å². The molecule has 0 fully saturated rings. The van der Waals surface area contributed by atoms with E-state index in [1.807, 2.05) is 13.8 Å². The van der Waals surface area contributed by atoms with Gasteiger partial charge in [0.25, 0.3) is 0 Å². The average molecular weight is 234 g/mol. The number of hydrogen-bond acceptors (Lipinski definition) is 3. The third kappa shape index (κ3) is 3.59. The Morgan fingerprint density at radius 1 is 1.20 bits per heavy atom. The van der Waals surface area contributed by atoms with Gasteiger partial charge in [-0.25, -0.2) is 8.42 Å². The molecule has 0 bridgehead atoms. The quantitative estimate of drug-likeness (QED) is 0.708. The second-order valence-corrected chi connectivity index (χ2v) is 7.16. The number of sulfone groups is 1. The van der Waals surface area contributed by atoms with Crippen LogP contribution in [0.3, 0.4) is 0 Å². The molecule has 0 N–H and O–H groups in total. The van der Waals surface area contributed by atoms with Crippen molar-refractivity contribution in [1.82, 2.24) is 0 Å². The number of ketones is 1. The summed E-state index contributed by atoms with van der Waals surface area (Å²) in [5.74, 6) is 0.136. The second kappa shape index (κ2) is 5.10.